The molecule has 0 spiro atoms. The number of likely N-dealkylation sites (tertiary alicyclic amines) is 2. The molecule has 3 aliphatic heterocycles. The Morgan fingerprint density at radius 2 is 1.96 bits per heavy atom. The third-order valence-electron chi connectivity index (χ3n) is 7.06. The fraction of sp³-hybridized carbons (Fsp3) is 0.950. The molecule has 3 saturated heterocycles. The largest absolute Gasteiger partial charge is 0.377 e. The lowest BCUT2D eigenvalue weighted by Crippen LogP contribution is -2.68. The zero-order chi connectivity index (χ0) is 17.4. The number of nitrogens with one attached hydrogen (secondary N) is 1. The number of ether oxygens (including phenoxy) is 1. The molecule has 142 valence electrons. The van der Waals surface area contributed by atoms with Crippen LogP contribution in [0.3, 0.4) is 0 Å². The topological polar surface area (TPSA) is 40.1 Å². The maximum Gasteiger partial charge on any atom is 0.194 e. The summed E-state index contributed by atoms with van der Waals surface area (Å²) in [5.74, 6) is 1.81. The summed E-state index contributed by atoms with van der Waals surface area (Å²) in [5, 5.41) is 3.86. The third-order valence-corrected chi connectivity index (χ3v) is 7.06. The first-order valence-electron chi connectivity index (χ1n) is 10.5. The van der Waals surface area contributed by atoms with E-state index in [1.807, 2.05) is 0 Å². The highest BCUT2D eigenvalue weighted by atomic mass is 16.5. The Balaban J connectivity index is 1.39. The molecule has 4 atom stereocenters. The zero-order valence-electron chi connectivity index (χ0n) is 16.3. The van der Waals surface area contributed by atoms with Crippen LogP contribution in [0.25, 0.3) is 0 Å². The summed E-state index contributed by atoms with van der Waals surface area (Å²) in [6.45, 7) is 13.5. The van der Waals surface area contributed by atoms with E-state index in [0.717, 1.165) is 38.2 Å². The third kappa shape index (κ3) is 3.18. The van der Waals surface area contributed by atoms with Crippen LogP contribution >= 0.6 is 0 Å². The molecule has 4 rings (SSSR count). The first kappa shape index (κ1) is 17.6. The van der Waals surface area contributed by atoms with Crippen LogP contribution in [0.2, 0.25) is 0 Å². The van der Waals surface area contributed by atoms with Crippen molar-refractivity contribution in [3.63, 3.8) is 0 Å². The molecule has 4 fully saturated rings. The smallest absolute Gasteiger partial charge is 0.194 e. The van der Waals surface area contributed by atoms with Crippen LogP contribution in [0.1, 0.15) is 52.9 Å². The lowest BCUT2D eigenvalue weighted by atomic mass is 9.57. The average Bonchev–Trinajstić information content (AvgIpc) is 3.28. The fourth-order valence-electron chi connectivity index (χ4n) is 5.66. The molecule has 0 aromatic rings. The lowest BCUT2D eigenvalue weighted by molar-refractivity contribution is -0.107. The van der Waals surface area contributed by atoms with Gasteiger partial charge in [-0.15, -0.1) is 0 Å². The van der Waals surface area contributed by atoms with Gasteiger partial charge in [-0.25, -0.2) is 0 Å². The first-order valence-corrected chi connectivity index (χ1v) is 10.5. The number of guanidine groups is 1. The summed E-state index contributed by atoms with van der Waals surface area (Å²) in [5.41, 5.74) is 0.210. The minimum Gasteiger partial charge on any atom is -0.377 e. The van der Waals surface area contributed by atoms with Crippen molar-refractivity contribution in [2.24, 2.45) is 16.3 Å². The van der Waals surface area contributed by atoms with Gasteiger partial charge in [0, 0.05) is 49.7 Å². The molecule has 1 aliphatic carbocycles. The van der Waals surface area contributed by atoms with Gasteiger partial charge < -0.3 is 15.0 Å². The molecule has 3 heterocycles. The van der Waals surface area contributed by atoms with Gasteiger partial charge in [0.2, 0.25) is 0 Å². The van der Waals surface area contributed by atoms with Crippen molar-refractivity contribution in [3.8, 4) is 0 Å². The summed E-state index contributed by atoms with van der Waals surface area (Å²) < 4.78 is 5.96. The molecule has 0 aromatic heterocycles. The van der Waals surface area contributed by atoms with E-state index >= 15 is 0 Å². The molecule has 5 heteroatoms. The highest BCUT2D eigenvalue weighted by Crippen LogP contribution is 2.52. The van der Waals surface area contributed by atoms with E-state index in [9.17, 15) is 0 Å². The van der Waals surface area contributed by atoms with Gasteiger partial charge >= 0.3 is 0 Å². The van der Waals surface area contributed by atoms with Crippen LogP contribution in [-0.4, -0.2) is 73.3 Å². The maximum absolute atomic E-state index is 5.96. The van der Waals surface area contributed by atoms with Crippen molar-refractivity contribution in [1.29, 1.82) is 0 Å². The normalized spacial score (nSPS) is 38.5. The van der Waals surface area contributed by atoms with Gasteiger partial charge in [-0.2, -0.15) is 0 Å². The van der Waals surface area contributed by atoms with E-state index in [2.05, 4.69) is 35.9 Å². The van der Waals surface area contributed by atoms with Gasteiger partial charge in [0.1, 0.15) is 0 Å². The van der Waals surface area contributed by atoms with Crippen molar-refractivity contribution in [2.45, 2.75) is 71.1 Å². The van der Waals surface area contributed by atoms with Gasteiger partial charge in [-0.05, 0) is 45.7 Å². The predicted molar refractivity (Wildman–Crippen MR) is 102 cm³/mol. The number of aliphatic imine (C=N–C) groups is 1. The van der Waals surface area contributed by atoms with Crippen molar-refractivity contribution < 1.29 is 4.74 Å². The monoisotopic (exact) mass is 348 g/mol. The molecular weight excluding hydrogens is 312 g/mol. The minimum atomic E-state index is 0.210. The highest BCUT2D eigenvalue weighted by Gasteiger charge is 2.59. The average molecular weight is 349 g/mol. The molecule has 0 radical (unpaired) electrons. The Morgan fingerprint density at radius 1 is 1.16 bits per heavy atom. The standard InChI is InChI=1S/C20H36N4O/c1-4-21-19(22-17-16-9-13-25-18(16)20(17,2)3)24-12-8-15(14-24)23-10-6-5-7-11-23/h15-18H,4-14H2,1-3H3,(H,21,22). The van der Waals surface area contributed by atoms with Crippen molar-refractivity contribution in [3.05, 3.63) is 0 Å². The molecule has 1 N–H and O–H groups in total. The minimum absolute atomic E-state index is 0.210. The van der Waals surface area contributed by atoms with Crippen LogP contribution in [0.4, 0.5) is 0 Å². The Bertz CT molecular complexity index is 500. The Hall–Kier alpha value is -0.810. The van der Waals surface area contributed by atoms with E-state index in [1.165, 1.54) is 45.2 Å². The summed E-state index contributed by atoms with van der Waals surface area (Å²) in [6.07, 6.45) is 7.09. The Morgan fingerprint density at radius 3 is 2.72 bits per heavy atom. The van der Waals surface area contributed by atoms with Crippen molar-refractivity contribution in [2.75, 3.05) is 39.3 Å². The van der Waals surface area contributed by atoms with E-state index in [1.54, 1.807) is 0 Å². The number of hydrogen-bond donors (Lipinski definition) is 1. The van der Waals surface area contributed by atoms with E-state index in [-0.39, 0.29) is 5.41 Å². The van der Waals surface area contributed by atoms with Gasteiger partial charge in [0.05, 0.1) is 6.10 Å². The lowest BCUT2D eigenvalue weighted by Gasteiger charge is -2.55. The van der Waals surface area contributed by atoms with Crippen LogP contribution in [0.5, 0.6) is 0 Å². The molecule has 4 aliphatic rings. The molecule has 0 amide bonds. The quantitative estimate of drug-likeness (QED) is 0.628. The zero-order valence-corrected chi connectivity index (χ0v) is 16.3. The number of hydrogen-bond acceptors (Lipinski definition) is 3. The van der Waals surface area contributed by atoms with Gasteiger partial charge in [-0.1, -0.05) is 20.3 Å². The summed E-state index contributed by atoms with van der Waals surface area (Å²) in [4.78, 5) is 10.1. The second kappa shape index (κ2) is 7.07. The van der Waals surface area contributed by atoms with E-state index in [0.29, 0.717) is 18.1 Å². The van der Waals surface area contributed by atoms with E-state index in [4.69, 9.17) is 9.73 Å². The molecule has 25 heavy (non-hydrogen) atoms. The molecular formula is C20H36N4O. The Labute approximate surface area is 153 Å². The summed E-state index contributed by atoms with van der Waals surface area (Å²) in [6, 6.07) is 1.22. The van der Waals surface area contributed by atoms with Gasteiger partial charge in [0.25, 0.3) is 0 Å². The van der Waals surface area contributed by atoms with Crippen LogP contribution in [0.15, 0.2) is 4.99 Å². The van der Waals surface area contributed by atoms with Crippen LogP contribution in [-0.2, 0) is 4.74 Å². The second-order valence-corrected chi connectivity index (χ2v) is 8.97. The molecule has 4 unspecified atom stereocenters. The first-order chi connectivity index (χ1) is 12.1. The predicted octanol–water partition coefficient (Wildman–Crippen LogP) is 2.33. The van der Waals surface area contributed by atoms with Crippen LogP contribution in [0, 0.1) is 11.3 Å². The second-order valence-electron chi connectivity index (χ2n) is 8.97. The van der Waals surface area contributed by atoms with Gasteiger partial charge in [0.15, 0.2) is 5.96 Å². The van der Waals surface area contributed by atoms with Crippen molar-refractivity contribution in [1.82, 2.24) is 15.1 Å². The summed E-state index contributed by atoms with van der Waals surface area (Å²) >= 11 is 0. The van der Waals surface area contributed by atoms with E-state index < -0.39 is 0 Å². The van der Waals surface area contributed by atoms with Crippen molar-refractivity contribution >= 4 is 5.96 Å². The highest BCUT2D eigenvalue weighted by molar-refractivity contribution is 5.81. The number of fused-ring (bicyclic) bond motifs is 1. The summed E-state index contributed by atoms with van der Waals surface area (Å²) in [7, 11) is 0. The molecule has 1 saturated carbocycles. The maximum atomic E-state index is 5.96. The Kier molecular flexibility index (Phi) is 4.98. The molecule has 5 nitrogen and oxygen atoms in total. The number of nitrogens with zero attached hydrogens (tertiary/aromatic N) is 3. The number of rotatable bonds is 3. The fourth-order valence-corrected chi connectivity index (χ4v) is 5.66. The van der Waals surface area contributed by atoms with Gasteiger partial charge in [-0.3, -0.25) is 9.89 Å². The molecule has 0 aromatic carbocycles. The SMILES string of the molecule is CCN=C(NC1C2CCOC2C1(C)C)N1CCC(N2CCCCC2)C1. The van der Waals surface area contributed by atoms with Crippen LogP contribution < -0.4 is 5.32 Å². The molecule has 0 bridgehead atoms. The number of piperidine rings is 1.